The summed E-state index contributed by atoms with van der Waals surface area (Å²) in [6.45, 7) is 5.38. The Morgan fingerprint density at radius 3 is 2.78 bits per heavy atom. The predicted molar refractivity (Wildman–Crippen MR) is 127 cm³/mol. The second-order valence-corrected chi connectivity index (χ2v) is 8.90. The van der Waals surface area contributed by atoms with Gasteiger partial charge in [-0.15, -0.1) is 0 Å². The summed E-state index contributed by atoms with van der Waals surface area (Å²) >= 11 is 0. The lowest BCUT2D eigenvalue weighted by atomic mass is 10.00. The Hall–Kier alpha value is -2.76. The normalized spacial score (nSPS) is 17.2. The molecule has 5 heteroatoms. The van der Waals surface area contributed by atoms with Gasteiger partial charge < -0.3 is 9.64 Å². The van der Waals surface area contributed by atoms with Crippen molar-refractivity contribution in [3.63, 3.8) is 0 Å². The second-order valence-electron chi connectivity index (χ2n) is 8.90. The molecule has 0 spiro atoms. The number of ether oxygens (including phenoxy) is 1. The lowest BCUT2D eigenvalue weighted by Crippen LogP contribution is -2.45. The first-order valence-corrected chi connectivity index (χ1v) is 11.8. The standard InChI is InChI=1S/C27H31N3O2/c31-27(23-8-9-26-22(19-23)7-3-13-28-26)30(25-11-17-32-18-12-25)15-4-14-29-16-10-21-5-1-2-6-24(21)20-29/h1-3,5-9,13,19,25H,4,10-12,14-18,20H2. The van der Waals surface area contributed by atoms with Gasteiger partial charge in [0.2, 0.25) is 0 Å². The number of rotatable bonds is 6. The van der Waals surface area contributed by atoms with Crippen molar-refractivity contribution in [1.29, 1.82) is 0 Å². The first-order chi connectivity index (χ1) is 15.8. The Bertz CT molecular complexity index is 1080. The molecule has 5 nitrogen and oxygen atoms in total. The van der Waals surface area contributed by atoms with E-state index in [4.69, 9.17) is 4.74 Å². The largest absolute Gasteiger partial charge is 0.381 e. The molecule has 2 aliphatic heterocycles. The van der Waals surface area contributed by atoms with Crippen LogP contribution in [-0.4, -0.2) is 59.6 Å². The van der Waals surface area contributed by atoms with Crippen LogP contribution in [0.2, 0.25) is 0 Å². The van der Waals surface area contributed by atoms with E-state index in [0.717, 1.165) is 81.5 Å². The van der Waals surface area contributed by atoms with E-state index in [1.54, 1.807) is 6.20 Å². The fraction of sp³-hybridized carbons (Fsp3) is 0.407. The minimum Gasteiger partial charge on any atom is -0.381 e. The number of nitrogens with zero attached hydrogens (tertiary/aromatic N) is 3. The van der Waals surface area contributed by atoms with Crippen LogP contribution in [0.5, 0.6) is 0 Å². The van der Waals surface area contributed by atoms with Crippen LogP contribution in [0, 0.1) is 0 Å². The molecule has 1 amide bonds. The Morgan fingerprint density at radius 2 is 1.91 bits per heavy atom. The zero-order chi connectivity index (χ0) is 21.8. The van der Waals surface area contributed by atoms with E-state index in [2.05, 4.69) is 39.0 Å². The molecule has 0 atom stereocenters. The number of aromatic nitrogens is 1. The smallest absolute Gasteiger partial charge is 0.254 e. The van der Waals surface area contributed by atoms with Crippen molar-refractivity contribution in [1.82, 2.24) is 14.8 Å². The van der Waals surface area contributed by atoms with Gasteiger partial charge in [0, 0.05) is 62.6 Å². The predicted octanol–water partition coefficient (Wildman–Crippen LogP) is 4.30. The average Bonchev–Trinajstić information content (AvgIpc) is 2.86. The number of benzene rings is 2. The molecular weight excluding hydrogens is 398 g/mol. The lowest BCUT2D eigenvalue weighted by molar-refractivity contribution is 0.0279. The van der Waals surface area contributed by atoms with Crippen LogP contribution >= 0.6 is 0 Å². The quantitative estimate of drug-likeness (QED) is 0.586. The third-order valence-corrected chi connectivity index (χ3v) is 6.83. The number of carbonyl (C=O) groups excluding carboxylic acids is 1. The van der Waals surface area contributed by atoms with E-state index < -0.39 is 0 Å². The van der Waals surface area contributed by atoms with Crippen molar-refractivity contribution in [2.45, 2.75) is 38.3 Å². The molecule has 0 unspecified atom stereocenters. The SMILES string of the molecule is O=C(c1ccc2ncccc2c1)N(CCCN1CCc2ccccc2C1)C1CCOCC1. The van der Waals surface area contributed by atoms with Crippen molar-refractivity contribution in [3.05, 3.63) is 77.5 Å². The van der Waals surface area contributed by atoms with Crippen LogP contribution in [0.3, 0.4) is 0 Å². The summed E-state index contributed by atoms with van der Waals surface area (Å²) in [5.74, 6) is 0.131. The fourth-order valence-electron chi connectivity index (χ4n) is 5.03. The number of carbonyl (C=O) groups is 1. The topological polar surface area (TPSA) is 45.7 Å². The van der Waals surface area contributed by atoms with Gasteiger partial charge in [-0.25, -0.2) is 0 Å². The van der Waals surface area contributed by atoms with E-state index in [1.165, 1.54) is 11.1 Å². The molecule has 0 radical (unpaired) electrons. The maximum atomic E-state index is 13.6. The van der Waals surface area contributed by atoms with Gasteiger partial charge in [-0.05, 0) is 61.1 Å². The van der Waals surface area contributed by atoms with Gasteiger partial charge in [0.25, 0.3) is 5.91 Å². The second kappa shape index (κ2) is 9.80. The van der Waals surface area contributed by atoms with Crippen LogP contribution in [0.25, 0.3) is 10.9 Å². The highest BCUT2D eigenvalue weighted by Crippen LogP contribution is 2.22. The number of pyridine rings is 1. The maximum Gasteiger partial charge on any atom is 0.254 e. The summed E-state index contributed by atoms with van der Waals surface area (Å²) in [6.07, 6.45) is 5.72. The summed E-state index contributed by atoms with van der Waals surface area (Å²) in [6, 6.07) is 18.8. The van der Waals surface area contributed by atoms with Gasteiger partial charge in [0.05, 0.1) is 5.52 Å². The number of fused-ring (bicyclic) bond motifs is 2. The Labute approximate surface area is 190 Å². The molecule has 2 aliphatic rings. The minimum atomic E-state index is 0.131. The first-order valence-electron chi connectivity index (χ1n) is 11.8. The molecule has 0 bridgehead atoms. The molecular formula is C27H31N3O2. The Morgan fingerprint density at radius 1 is 1.06 bits per heavy atom. The van der Waals surface area contributed by atoms with Crippen molar-refractivity contribution in [3.8, 4) is 0 Å². The third kappa shape index (κ3) is 4.69. The molecule has 0 saturated carbocycles. The van der Waals surface area contributed by atoms with Crippen LogP contribution in [0.15, 0.2) is 60.8 Å². The van der Waals surface area contributed by atoms with Crippen molar-refractivity contribution in [2.75, 3.05) is 32.8 Å². The highest BCUT2D eigenvalue weighted by Gasteiger charge is 2.27. The van der Waals surface area contributed by atoms with Gasteiger partial charge in [-0.3, -0.25) is 14.7 Å². The minimum absolute atomic E-state index is 0.131. The molecule has 5 rings (SSSR count). The maximum absolute atomic E-state index is 13.6. The van der Waals surface area contributed by atoms with Crippen molar-refractivity contribution >= 4 is 16.8 Å². The molecule has 1 fully saturated rings. The fourth-order valence-corrected chi connectivity index (χ4v) is 5.03. The van der Waals surface area contributed by atoms with Crippen LogP contribution < -0.4 is 0 Å². The average molecular weight is 430 g/mol. The molecule has 3 aromatic rings. The van der Waals surface area contributed by atoms with Gasteiger partial charge in [-0.1, -0.05) is 30.3 Å². The number of amides is 1. The van der Waals surface area contributed by atoms with Gasteiger partial charge in [0.1, 0.15) is 0 Å². The van der Waals surface area contributed by atoms with E-state index in [9.17, 15) is 4.79 Å². The van der Waals surface area contributed by atoms with Crippen molar-refractivity contribution < 1.29 is 9.53 Å². The Balaban J connectivity index is 1.27. The molecule has 1 aromatic heterocycles. The summed E-state index contributed by atoms with van der Waals surface area (Å²) in [4.78, 5) is 22.6. The molecule has 0 N–H and O–H groups in total. The Kier molecular flexibility index (Phi) is 6.46. The van der Waals surface area contributed by atoms with Gasteiger partial charge >= 0.3 is 0 Å². The number of hydrogen-bond donors (Lipinski definition) is 0. The van der Waals surface area contributed by atoms with E-state index >= 15 is 0 Å². The summed E-state index contributed by atoms with van der Waals surface area (Å²) < 4.78 is 5.57. The van der Waals surface area contributed by atoms with Gasteiger partial charge in [-0.2, -0.15) is 0 Å². The zero-order valence-electron chi connectivity index (χ0n) is 18.6. The monoisotopic (exact) mass is 429 g/mol. The first kappa shape index (κ1) is 21.1. The molecule has 166 valence electrons. The third-order valence-electron chi connectivity index (χ3n) is 6.83. The highest BCUT2D eigenvalue weighted by molar-refractivity contribution is 5.98. The van der Waals surface area contributed by atoms with Gasteiger partial charge in [0.15, 0.2) is 0 Å². The van der Waals surface area contributed by atoms with E-state index in [-0.39, 0.29) is 11.9 Å². The summed E-state index contributed by atoms with van der Waals surface area (Å²) in [5, 5.41) is 1.01. The lowest BCUT2D eigenvalue weighted by Gasteiger charge is -2.35. The molecule has 2 aromatic carbocycles. The van der Waals surface area contributed by atoms with Crippen LogP contribution in [0.1, 0.15) is 40.7 Å². The van der Waals surface area contributed by atoms with E-state index in [0.29, 0.717) is 0 Å². The molecule has 3 heterocycles. The molecule has 32 heavy (non-hydrogen) atoms. The molecule has 1 saturated heterocycles. The van der Waals surface area contributed by atoms with E-state index in [1.807, 2.05) is 30.3 Å². The zero-order valence-corrected chi connectivity index (χ0v) is 18.6. The summed E-state index contributed by atoms with van der Waals surface area (Å²) in [7, 11) is 0. The van der Waals surface area contributed by atoms with Crippen molar-refractivity contribution in [2.24, 2.45) is 0 Å². The molecule has 0 aliphatic carbocycles. The number of hydrogen-bond acceptors (Lipinski definition) is 4. The highest BCUT2D eigenvalue weighted by atomic mass is 16.5. The summed E-state index contributed by atoms with van der Waals surface area (Å²) in [5.41, 5.74) is 4.60. The van der Waals surface area contributed by atoms with Crippen LogP contribution in [0.4, 0.5) is 0 Å². The van der Waals surface area contributed by atoms with Crippen LogP contribution in [-0.2, 0) is 17.7 Å².